The van der Waals surface area contributed by atoms with E-state index in [1.54, 1.807) is 33.4 Å². The van der Waals surface area contributed by atoms with Crippen molar-refractivity contribution in [2.75, 3.05) is 0 Å². The van der Waals surface area contributed by atoms with Gasteiger partial charge in [-0.15, -0.1) is 0 Å². The molecule has 186 valence electrons. The molecule has 1 saturated carbocycles. The Morgan fingerprint density at radius 3 is 1.46 bits per heavy atom. The maximum Gasteiger partial charge on any atom is -1.00 e. The van der Waals surface area contributed by atoms with Crippen molar-refractivity contribution in [2.45, 2.75) is 54.0 Å². The first-order valence-electron chi connectivity index (χ1n) is 13.6. The zero-order valence-electron chi connectivity index (χ0n) is 21.5. The van der Waals surface area contributed by atoms with Crippen LogP contribution in [0.25, 0.3) is 33.7 Å². The summed E-state index contributed by atoms with van der Waals surface area (Å²) in [6.07, 6.45) is 11.1. The van der Waals surface area contributed by atoms with Crippen LogP contribution in [0.3, 0.4) is 0 Å². The number of allylic oxidation sites excluding steroid dienone is 2. The van der Waals surface area contributed by atoms with Gasteiger partial charge in [-0.25, -0.2) is 0 Å². The van der Waals surface area contributed by atoms with Gasteiger partial charge >= 0.3 is 214 Å². The fraction of sp³-hybridized carbons (Fsp3) is 0.294. The van der Waals surface area contributed by atoms with Crippen LogP contribution in [0.2, 0.25) is 7.25 Å². The summed E-state index contributed by atoms with van der Waals surface area (Å²) in [7, 11) is 0. The Bertz CT molecular complexity index is 1490. The van der Waals surface area contributed by atoms with E-state index in [9.17, 15) is 0 Å². The van der Waals surface area contributed by atoms with Crippen LogP contribution in [0.1, 0.15) is 69.0 Å². The minimum Gasteiger partial charge on any atom is -1.00 e. The molecule has 0 nitrogen and oxygen atoms in total. The van der Waals surface area contributed by atoms with Crippen molar-refractivity contribution in [1.29, 1.82) is 0 Å². The number of rotatable bonds is 2. The van der Waals surface area contributed by atoms with Crippen LogP contribution in [-0.2, 0) is 20.3 Å². The average Bonchev–Trinajstić information content (AvgIpc) is 3.20. The third kappa shape index (κ3) is 3.36. The normalized spacial score (nSPS) is 27.2. The average molecular weight is 603 g/mol. The Balaban J connectivity index is 0.00000126. The Hall–Kier alpha value is -1.66. The molecule has 0 bridgehead atoms. The second kappa shape index (κ2) is 9.22. The van der Waals surface area contributed by atoms with Gasteiger partial charge in [0.25, 0.3) is 0 Å². The molecule has 3 heteroatoms. The zero-order valence-corrected chi connectivity index (χ0v) is 25.4. The number of hydrogen-bond acceptors (Lipinski definition) is 0. The van der Waals surface area contributed by atoms with E-state index in [2.05, 4.69) is 98.8 Å². The Labute approximate surface area is 237 Å². The van der Waals surface area contributed by atoms with Crippen LogP contribution in [0.5, 0.6) is 0 Å². The van der Waals surface area contributed by atoms with E-state index < -0.39 is 20.3 Å². The van der Waals surface area contributed by atoms with Gasteiger partial charge in [0.15, 0.2) is 0 Å². The van der Waals surface area contributed by atoms with Crippen molar-refractivity contribution in [2.24, 2.45) is 0 Å². The second-order valence-electron chi connectivity index (χ2n) is 11.7. The first kappa shape index (κ1) is 25.6. The summed E-state index contributed by atoms with van der Waals surface area (Å²) in [6, 6.07) is 28.0. The van der Waals surface area contributed by atoms with Crippen molar-refractivity contribution in [3.05, 3.63) is 106 Å². The first-order valence-corrected chi connectivity index (χ1v) is 19.3. The number of hydrogen-bond donors (Lipinski definition) is 0. The van der Waals surface area contributed by atoms with Crippen LogP contribution in [0.4, 0.5) is 0 Å². The molecule has 4 atom stereocenters. The SMILES string of the molecule is CC1=Cc2c(ccc3ccccc23)[CH]1[Zr+2]1([CH]2C(C)=Cc3c2ccc2ccccc32)[CH]2CCCC[CH]21.[Cl-].[Cl-]. The largest absolute Gasteiger partial charge is 1.00 e. The molecule has 4 aromatic carbocycles. The van der Waals surface area contributed by atoms with Crippen molar-refractivity contribution < 1.29 is 45.1 Å². The molecule has 0 spiro atoms. The molecule has 37 heavy (non-hydrogen) atoms. The van der Waals surface area contributed by atoms with Crippen molar-refractivity contribution in [3.8, 4) is 0 Å². The molecule has 4 aliphatic rings. The fourth-order valence-electron chi connectivity index (χ4n) is 9.13. The molecule has 0 amide bonds. The van der Waals surface area contributed by atoms with Gasteiger partial charge in [0.05, 0.1) is 0 Å². The van der Waals surface area contributed by atoms with Crippen LogP contribution in [-0.4, -0.2) is 0 Å². The van der Waals surface area contributed by atoms with E-state index in [1.165, 1.54) is 47.2 Å². The molecule has 0 aromatic heterocycles. The van der Waals surface area contributed by atoms with Gasteiger partial charge in [-0.2, -0.15) is 0 Å². The standard InChI is InChI=1S/2C14H11.C6H10.2ClH.Zr/c2*1-10-8-12-7-6-11-4-2-3-5-13(11)14(12)9-10;1-2-4-6-5-3-1;;;/h2*2-9H,1H3;1-2H,3-6H2;2*1H;/q;;;;;+2/p-2. The van der Waals surface area contributed by atoms with Crippen molar-refractivity contribution in [3.63, 3.8) is 0 Å². The maximum atomic E-state index is 2.60. The molecule has 1 heterocycles. The predicted octanol–water partition coefficient (Wildman–Crippen LogP) is 3.94. The molecule has 2 fully saturated rings. The molecule has 4 aromatic rings. The number of fused-ring (bicyclic) bond motifs is 7. The minimum atomic E-state index is -2.77. The third-order valence-corrected chi connectivity index (χ3v) is 27.7. The quantitative estimate of drug-likeness (QED) is 0.326. The molecule has 8 rings (SSSR count). The molecular weight excluding hydrogens is 571 g/mol. The van der Waals surface area contributed by atoms with E-state index in [1.807, 2.05) is 0 Å². The zero-order chi connectivity index (χ0) is 23.3. The summed E-state index contributed by atoms with van der Waals surface area (Å²) in [4.78, 5) is 0. The van der Waals surface area contributed by atoms with E-state index >= 15 is 0 Å². The summed E-state index contributed by atoms with van der Waals surface area (Å²) < 4.78 is 3.58. The summed E-state index contributed by atoms with van der Waals surface area (Å²) in [5.74, 6) is 0. The molecule has 1 aliphatic heterocycles. The smallest absolute Gasteiger partial charge is 1.00 e. The molecule has 3 aliphatic carbocycles. The van der Waals surface area contributed by atoms with Crippen molar-refractivity contribution in [1.82, 2.24) is 0 Å². The van der Waals surface area contributed by atoms with E-state index in [0.29, 0.717) is 0 Å². The van der Waals surface area contributed by atoms with Gasteiger partial charge in [-0.3, -0.25) is 0 Å². The second-order valence-corrected chi connectivity index (χ2v) is 23.1. The molecule has 0 radical (unpaired) electrons. The topological polar surface area (TPSA) is 0 Å². The minimum absolute atomic E-state index is 0. The van der Waals surface area contributed by atoms with Crippen LogP contribution in [0, 0.1) is 0 Å². The predicted molar refractivity (Wildman–Crippen MR) is 147 cm³/mol. The van der Waals surface area contributed by atoms with Crippen LogP contribution >= 0.6 is 0 Å². The molecular formula is C34H32Cl2Zr. The van der Waals surface area contributed by atoms with E-state index in [0.717, 1.165) is 14.5 Å². The van der Waals surface area contributed by atoms with Crippen molar-refractivity contribution >= 4 is 33.7 Å². The van der Waals surface area contributed by atoms with Gasteiger partial charge in [-0.05, 0) is 0 Å². The summed E-state index contributed by atoms with van der Waals surface area (Å²) in [5, 5.41) is 5.70. The third-order valence-electron chi connectivity index (χ3n) is 10.2. The Morgan fingerprint density at radius 2 is 1.00 bits per heavy atom. The van der Waals surface area contributed by atoms with Crippen LogP contribution in [0.15, 0.2) is 83.9 Å². The summed E-state index contributed by atoms with van der Waals surface area (Å²) >= 11 is -2.77. The Kier molecular flexibility index (Phi) is 6.38. The molecule has 0 N–H and O–H groups in total. The van der Waals surface area contributed by atoms with Gasteiger partial charge in [-0.1, -0.05) is 0 Å². The summed E-state index contributed by atoms with van der Waals surface area (Å²) in [6.45, 7) is 4.97. The summed E-state index contributed by atoms with van der Waals surface area (Å²) in [5.41, 5.74) is 9.83. The van der Waals surface area contributed by atoms with Crippen LogP contribution < -0.4 is 24.8 Å². The maximum absolute atomic E-state index is 2.77. The van der Waals surface area contributed by atoms with E-state index in [4.69, 9.17) is 0 Å². The number of benzene rings is 4. The first-order chi connectivity index (χ1) is 17.2. The molecule has 1 saturated heterocycles. The monoisotopic (exact) mass is 600 g/mol. The Morgan fingerprint density at radius 1 is 0.568 bits per heavy atom. The van der Waals surface area contributed by atoms with E-state index in [-0.39, 0.29) is 24.8 Å². The van der Waals surface area contributed by atoms with Gasteiger partial charge in [0, 0.05) is 0 Å². The fourth-order valence-corrected chi connectivity index (χ4v) is 32.3. The van der Waals surface area contributed by atoms with Gasteiger partial charge < -0.3 is 24.8 Å². The van der Waals surface area contributed by atoms with Gasteiger partial charge in [0.2, 0.25) is 0 Å². The van der Waals surface area contributed by atoms with Gasteiger partial charge in [0.1, 0.15) is 0 Å². The number of halogens is 2. The molecule has 4 unspecified atom stereocenters.